The van der Waals surface area contributed by atoms with Crippen molar-refractivity contribution in [2.75, 3.05) is 24.2 Å². The van der Waals surface area contributed by atoms with Crippen molar-refractivity contribution >= 4 is 17.5 Å². The Morgan fingerprint density at radius 2 is 2.30 bits per heavy atom. The Morgan fingerprint density at radius 1 is 1.55 bits per heavy atom. The molecule has 0 unspecified atom stereocenters. The van der Waals surface area contributed by atoms with E-state index in [0.29, 0.717) is 29.1 Å². The molecule has 2 saturated carbocycles. The minimum absolute atomic E-state index is 0.346. The van der Waals surface area contributed by atoms with E-state index < -0.39 is 0 Å². The second kappa shape index (κ2) is 4.96. The number of carbonyl (C=O) groups excluding carboxylic acids is 1. The van der Waals surface area contributed by atoms with Crippen LogP contribution in [0.1, 0.15) is 43.0 Å². The quantitative estimate of drug-likeness (QED) is 0.780. The molecule has 0 spiro atoms. The molecule has 5 nitrogen and oxygen atoms in total. The first-order chi connectivity index (χ1) is 9.64. The fourth-order valence-electron chi connectivity index (χ4n) is 2.83. The third-order valence-electron chi connectivity index (χ3n) is 4.35. The molecule has 0 saturated heterocycles. The average Bonchev–Trinajstić information content (AvgIpc) is 3.29. The highest BCUT2D eigenvalue weighted by molar-refractivity contribution is 5.95. The van der Waals surface area contributed by atoms with Crippen molar-refractivity contribution in [2.45, 2.75) is 32.6 Å². The molecule has 0 amide bonds. The molecule has 0 atom stereocenters. The number of hydrogen-bond acceptors (Lipinski definition) is 5. The summed E-state index contributed by atoms with van der Waals surface area (Å²) in [5.74, 6) is 1.09. The number of carbonyl (C=O) groups is 1. The Kier molecular flexibility index (Phi) is 3.28. The van der Waals surface area contributed by atoms with Crippen molar-refractivity contribution in [3.05, 3.63) is 17.8 Å². The van der Waals surface area contributed by atoms with E-state index in [0.717, 1.165) is 12.5 Å². The monoisotopic (exact) mass is 275 g/mol. The average molecular weight is 275 g/mol. The van der Waals surface area contributed by atoms with E-state index in [1.807, 2.05) is 0 Å². The van der Waals surface area contributed by atoms with Gasteiger partial charge in [-0.1, -0.05) is 0 Å². The Labute approximate surface area is 118 Å². The minimum atomic E-state index is -0.369. The van der Waals surface area contributed by atoms with Crippen LogP contribution in [0.3, 0.4) is 0 Å². The molecule has 2 fully saturated rings. The zero-order valence-electron chi connectivity index (χ0n) is 11.8. The SMILES string of the molecule is CCOC(=O)c1cc(N)cnc1NCC1(C2CC2)CC1. The van der Waals surface area contributed by atoms with Crippen molar-refractivity contribution in [2.24, 2.45) is 11.3 Å². The first-order valence-electron chi connectivity index (χ1n) is 7.31. The van der Waals surface area contributed by atoms with Crippen LogP contribution in [0.2, 0.25) is 0 Å². The van der Waals surface area contributed by atoms with Gasteiger partial charge in [0.1, 0.15) is 11.4 Å². The van der Waals surface area contributed by atoms with Crippen molar-refractivity contribution < 1.29 is 9.53 Å². The number of nitrogens with zero attached hydrogens (tertiary/aromatic N) is 1. The summed E-state index contributed by atoms with van der Waals surface area (Å²) in [5.41, 5.74) is 7.07. The molecule has 1 aromatic rings. The number of nitrogen functional groups attached to an aromatic ring is 1. The fraction of sp³-hybridized carbons (Fsp3) is 0.600. The second-order valence-corrected chi connectivity index (χ2v) is 5.88. The first-order valence-corrected chi connectivity index (χ1v) is 7.31. The van der Waals surface area contributed by atoms with Gasteiger partial charge in [-0.3, -0.25) is 0 Å². The largest absolute Gasteiger partial charge is 0.462 e. The summed E-state index contributed by atoms with van der Waals surface area (Å²) < 4.78 is 5.06. The Bertz CT molecular complexity index is 522. The maximum atomic E-state index is 11.9. The third kappa shape index (κ3) is 2.57. The minimum Gasteiger partial charge on any atom is -0.462 e. The summed E-state index contributed by atoms with van der Waals surface area (Å²) in [7, 11) is 0. The lowest BCUT2D eigenvalue weighted by atomic mass is 10.0. The lowest BCUT2D eigenvalue weighted by molar-refractivity contribution is 0.0527. The van der Waals surface area contributed by atoms with E-state index in [9.17, 15) is 4.79 Å². The summed E-state index contributed by atoms with van der Waals surface area (Å²) in [6.07, 6.45) is 6.84. The molecule has 2 aliphatic rings. The molecule has 20 heavy (non-hydrogen) atoms. The van der Waals surface area contributed by atoms with Gasteiger partial charge in [-0.05, 0) is 50.0 Å². The number of hydrogen-bond donors (Lipinski definition) is 2. The lowest BCUT2D eigenvalue weighted by Crippen LogP contribution is -2.20. The molecule has 3 rings (SSSR count). The van der Waals surface area contributed by atoms with Crippen LogP contribution in [0.15, 0.2) is 12.3 Å². The van der Waals surface area contributed by atoms with Gasteiger partial charge in [0.25, 0.3) is 0 Å². The van der Waals surface area contributed by atoms with Gasteiger partial charge in [-0.25, -0.2) is 9.78 Å². The summed E-state index contributed by atoms with van der Waals surface area (Å²) in [6.45, 7) is 3.02. The molecule has 1 heterocycles. The highest BCUT2D eigenvalue weighted by Gasteiger charge is 2.53. The molecule has 108 valence electrons. The van der Waals surface area contributed by atoms with Crippen LogP contribution < -0.4 is 11.1 Å². The second-order valence-electron chi connectivity index (χ2n) is 5.88. The van der Waals surface area contributed by atoms with Crippen LogP contribution >= 0.6 is 0 Å². The Morgan fingerprint density at radius 3 is 2.90 bits per heavy atom. The van der Waals surface area contributed by atoms with Gasteiger partial charge in [-0.15, -0.1) is 0 Å². The third-order valence-corrected chi connectivity index (χ3v) is 4.35. The van der Waals surface area contributed by atoms with Gasteiger partial charge in [0.15, 0.2) is 0 Å². The number of rotatable bonds is 6. The molecular weight excluding hydrogens is 254 g/mol. The predicted molar refractivity (Wildman–Crippen MR) is 77.5 cm³/mol. The molecule has 0 aromatic carbocycles. The molecule has 3 N–H and O–H groups in total. The van der Waals surface area contributed by atoms with Gasteiger partial charge in [-0.2, -0.15) is 0 Å². The molecule has 5 heteroatoms. The van der Waals surface area contributed by atoms with E-state index >= 15 is 0 Å². The summed E-state index contributed by atoms with van der Waals surface area (Å²) in [6, 6.07) is 1.63. The van der Waals surface area contributed by atoms with Crippen LogP contribution in [0.5, 0.6) is 0 Å². The molecule has 2 aliphatic carbocycles. The van der Waals surface area contributed by atoms with E-state index in [2.05, 4.69) is 10.3 Å². The van der Waals surface area contributed by atoms with Crippen molar-refractivity contribution in [3.63, 3.8) is 0 Å². The lowest BCUT2D eigenvalue weighted by Gasteiger charge is -2.17. The van der Waals surface area contributed by atoms with E-state index in [-0.39, 0.29) is 5.97 Å². The molecule has 1 aromatic heterocycles. The Hall–Kier alpha value is -1.78. The van der Waals surface area contributed by atoms with E-state index in [4.69, 9.17) is 10.5 Å². The van der Waals surface area contributed by atoms with Gasteiger partial charge < -0.3 is 15.8 Å². The predicted octanol–water partition coefficient (Wildman–Crippen LogP) is 2.44. The van der Waals surface area contributed by atoms with Crippen LogP contribution in [0, 0.1) is 11.3 Å². The fourth-order valence-corrected chi connectivity index (χ4v) is 2.83. The standard InChI is InChI=1S/C15H21N3O2/c1-2-20-14(19)12-7-11(16)8-17-13(12)18-9-15(5-6-15)10-3-4-10/h7-8,10H,2-6,9,16H2,1H3,(H,17,18). The molecule has 0 bridgehead atoms. The van der Waals surface area contributed by atoms with Crippen LogP contribution in [0.4, 0.5) is 11.5 Å². The van der Waals surface area contributed by atoms with Gasteiger partial charge in [0, 0.05) is 6.54 Å². The number of ether oxygens (including phenoxy) is 1. The molecular formula is C15H21N3O2. The highest BCUT2D eigenvalue weighted by Crippen LogP contribution is 2.61. The van der Waals surface area contributed by atoms with Crippen molar-refractivity contribution in [1.29, 1.82) is 0 Å². The topological polar surface area (TPSA) is 77.2 Å². The van der Waals surface area contributed by atoms with Gasteiger partial charge in [0.2, 0.25) is 0 Å². The van der Waals surface area contributed by atoms with Crippen LogP contribution in [-0.4, -0.2) is 24.1 Å². The van der Waals surface area contributed by atoms with Crippen LogP contribution in [-0.2, 0) is 4.74 Å². The zero-order chi connectivity index (χ0) is 14.2. The molecule has 0 radical (unpaired) electrons. The van der Waals surface area contributed by atoms with Crippen LogP contribution in [0.25, 0.3) is 0 Å². The highest BCUT2D eigenvalue weighted by atomic mass is 16.5. The number of nitrogens with one attached hydrogen (secondary N) is 1. The normalized spacial score (nSPS) is 19.4. The number of nitrogens with two attached hydrogens (primary N) is 1. The molecule has 0 aliphatic heterocycles. The number of anilines is 2. The number of pyridine rings is 1. The first kappa shape index (κ1) is 13.2. The van der Waals surface area contributed by atoms with E-state index in [1.54, 1.807) is 19.2 Å². The smallest absolute Gasteiger partial charge is 0.341 e. The number of esters is 1. The maximum absolute atomic E-state index is 11.9. The zero-order valence-corrected chi connectivity index (χ0v) is 11.8. The van der Waals surface area contributed by atoms with Gasteiger partial charge >= 0.3 is 5.97 Å². The maximum Gasteiger partial charge on any atom is 0.341 e. The van der Waals surface area contributed by atoms with E-state index in [1.165, 1.54) is 25.7 Å². The van der Waals surface area contributed by atoms with Gasteiger partial charge in [0.05, 0.1) is 18.5 Å². The number of aromatic nitrogens is 1. The summed E-state index contributed by atoms with van der Waals surface area (Å²) >= 11 is 0. The summed E-state index contributed by atoms with van der Waals surface area (Å²) in [5, 5.41) is 3.34. The summed E-state index contributed by atoms with van der Waals surface area (Å²) in [4.78, 5) is 16.2. The van der Waals surface area contributed by atoms with Crippen molar-refractivity contribution in [3.8, 4) is 0 Å². The Balaban J connectivity index is 1.73. The van der Waals surface area contributed by atoms with Crippen molar-refractivity contribution in [1.82, 2.24) is 4.98 Å².